The summed E-state index contributed by atoms with van der Waals surface area (Å²) in [5.74, 6) is -0.269. The number of rotatable bonds is 5. The van der Waals surface area contributed by atoms with Crippen molar-refractivity contribution in [3.05, 3.63) is 41.9 Å². The van der Waals surface area contributed by atoms with Gasteiger partial charge in [0.1, 0.15) is 5.69 Å². The molecule has 3 heterocycles. The molecule has 0 radical (unpaired) electrons. The summed E-state index contributed by atoms with van der Waals surface area (Å²) in [5.41, 5.74) is 8.74. The van der Waals surface area contributed by atoms with E-state index in [4.69, 9.17) is 15.8 Å². The molecule has 1 aliphatic heterocycles. The Morgan fingerprint density at radius 2 is 2.05 bits per heavy atom. The van der Waals surface area contributed by atoms with Gasteiger partial charge in [-0.1, -0.05) is 6.07 Å². The molecule has 0 aliphatic carbocycles. The molecule has 208 valence electrons. The SMILES string of the molecule is Cc1ccc(S(C)(=O)=O)cc1-c1cnc2c(N)nc(C(=O)NC3CCCN(CC#N)C3)cn12.O=CC(F)(F)F. The number of nitrogens with two attached hydrogens (primary N) is 1. The van der Waals surface area contributed by atoms with Gasteiger partial charge in [-0.2, -0.15) is 18.4 Å². The van der Waals surface area contributed by atoms with Gasteiger partial charge in [0.15, 0.2) is 21.3 Å². The first-order valence-corrected chi connectivity index (χ1v) is 13.5. The number of benzene rings is 1. The van der Waals surface area contributed by atoms with E-state index in [2.05, 4.69) is 21.4 Å². The lowest BCUT2D eigenvalue weighted by molar-refractivity contribution is -0.156. The molecule has 1 atom stereocenters. The van der Waals surface area contributed by atoms with Gasteiger partial charge in [0.2, 0.25) is 6.29 Å². The van der Waals surface area contributed by atoms with Gasteiger partial charge in [0.05, 0.1) is 29.4 Å². The summed E-state index contributed by atoms with van der Waals surface area (Å²) in [6.45, 7) is 3.63. The molecule has 11 nitrogen and oxygen atoms in total. The molecule has 1 unspecified atom stereocenters. The van der Waals surface area contributed by atoms with Crippen LogP contribution in [0.2, 0.25) is 0 Å². The van der Waals surface area contributed by atoms with Crippen molar-refractivity contribution in [1.82, 2.24) is 24.6 Å². The van der Waals surface area contributed by atoms with Crippen LogP contribution in [0, 0.1) is 18.3 Å². The van der Waals surface area contributed by atoms with Crippen LogP contribution in [0.3, 0.4) is 0 Å². The Kier molecular flexibility index (Phi) is 8.92. The van der Waals surface area contributed by atoms with E-state index >= 15 is 0 Å². The summed E-state index contributed by atoms with van der Waals surface area (Å²) in [4.78, 5) is 32.4. The quantitative estimate of drug-likeness (QED) is 0.348. The summed E-state index contributed by atoms with van der Waals surface area (Å²) in [7, 11) is -3.40. The van der Waals surface area contributed by atoms with E-state index in [1.165, 1.54) is 0 Å². The van der Waals surface area contributed by atoms with E-state index in [1.54, 1.807) is 35.0 Å². The number of carbonyl (C=O) groups is 2. The highest BCUT2D eigenvalue weighted by Gasteiger charge is 2.25. The largest absolute Gasteiger partial charge is 0.446 e. The fourth-order valence-electron chi connectivity index (χ4n) is 4.10. The number of nitriles is 1. The van der Waals surface area contributed by atoms with Crippen molar-refractivity contribution in [3.63, 3.8) is 0 Å². The molecule has 1 aromatic carbocycles. The van der Waals surface area contributed by atoms with Crippen molar-refractivity contribution in [1.29, 1.82) is 5.26 Å². The number of piperidine rings is 1. The minimum atomic E-state index is -4.64. The third kappa shape index (κ3) is 7.52. The average molecular weight is 566 g/mol. The van der Waals surface area contributed by atoms with Gasteiger partial charge < -0.3 is 11.1 Å². The third-order valence-electron chi connectivity index (χ3n) is 5.93. The number of nitrogens with one attached hydrogen (secondary N) is 1. The van der Waals surface area contributed by atoms with Crippen LogP contribution in [0.4, 0.5) is 19.0 Å². The number of sulfone groups is 1. The van der Waals surface area contributed by atoms with Crippen LogP contribution in [0.25, 0.3) is 16.9 Å². The van der Waals surface area contributed by atoms with E-state index in [1.807, 2.05) is 11.8 Å². The van der Waals surface area contributed by atoms with Gasteiger partial charge in [-0.3, -0.25) is 18.9 Å². The van der Waals surface area contributed by atoms with Crippen molar-refractivity contribution in [2.24, 2.45) is 0 Å². The predicted octanol–water partition coefficient (Wildman–Crippen LogP) is 2.16. The summed E-state index contributed by atoms with van der Waals surface area (Å²) < 4.78 is 57.0. The monoisotopic (exact) mass is 565 g/mol. The maximum atomic E-state index is 13.0. The van der Waals surface area contributed by atoms with E-state index < -0.39 is 22.3 Å². The molecule has 0 spiro atoms. The Hall–Kier alpha value is -4.03. The highest BCUT2D eigenvalue weighted by Crippen LogP contribution is 2.28. The van der Waals surface area contributed by atoms with Crippen molar-refractivity contribution in [3.8, 4) is 17.3 Å². The Morgan fingerprint density at radius 3 is 2.67 bits per heavy atom. The molecule has 4 rings (SSSR count). The number of alkyl halides is 3. The number of carbonyl (C=O) groups excluding carboxylic acids is 2. The molecule has 1 saturated heterocycles. The number of hydrogen-bond acceptors (Lipinski definition) is 9. The van der Waals surface area contributed by atoms with Crippen LogP contribution in [-0.2, 0) is 14.6 Å². The second-order valence-corrected chi connectivity index (χ2v) is 11.0. The molecule has 1 fully saturated rings. The Bertz CT molecular complexity index is 1530. The molecule has 1 amide bonds. The number of amides is 1. The van der Waals surface area contributed by atoms with E-state index in [0.717, 1.165) is 31.2 Å². The first kappa shape index (κ1) is 29.5. The van der Waals surface area contributed by atoms with Gasteiger partial charge in [-0.05, 0) is 44.0 Å². The molecule has 39 heavy (non-hydrogen) atoms. The summed E-state index contributed by atoms with van der Waals surface area (Å²) >= 11 is 0. The van der Waals surface area contributed by atoms with Crippen molar-refractivity contribution >= 4 is 33.5 Å². The van der Waals surface area contributed by atoms with Crippen LogP contribution in [0.1, 0.15) is 28.9 Å². The maximum Gasteiger partial charge on any atom is 0.446 e. The number of hydrogen-bond donors (Lipinski definition) is 2. The predicted molar refractivity (Wildman–Crippen MR) is 135 cm³/mol. The summed E-state index contributed by atoms with van der Waals surface area (Å²) in [5, 5.41) is 11.9. The lowest BCUT2D eigenvalue weighted by atomic mass is 10.1. The molecule has 0 saturated carbocycles. The highest BCUT2D eigenvalue weighted by atomic mass is 32.2. The Balaban J connectivity index is 0.000000631. The molecule has 3 aromatic rings. The number of halogens is 3. The number of aromatic nitrogens is 3. The molecule has 15 heteroatoms. The average Bonchev–Trinajstić information content (AvgIpc) is 3.28. The van der Waals surface area contributed by atoms with Crippen LogP contribution in [0.15, 0.2) is 35.5 Å². The molecular weight excluding hydrogens is 539 g/mol. The number of aldehydes is 1. The zero-order chi connectivity index (χ0) is 29.0. The van der Waals surface area contributed by atoms with Gasteiger partial charge in [0, 0.05) is 30.6 Å². The smallest absolute Gasteiger partial charge is 0.381 e. The highest BCUT2D eigenvalue weighted by molar-refractivity contribution is 7.90. The Labute approximate surface area is 222 Å². The number of nitrogens with zero attached hydrogens (tertiary/aromatic N) is 5. The number of nitrogen functional groups attached to an aromatic ring is 1. The van der Waals surface area contributed by atoms with Crippen LogP contribution < -0.4 is 11.1 Å². The van der Waals surface area contributed by atoms with Gasteiger partial charge >= 0.3 is 6.18 Å². The van der Waals surface area contributed by atoms with Crippen molar-refractivity contribution in [2.75, 3.05) is 31.6 Å². The van der Waals surface area contributed by atoms with Crippen molar-refractivity contribution in [2.45, 2.75) is 36.9 Å². The molecule has 1 aliphatic rings. The number of imidazole rings is 1. The lowest BCUT2D eigenvalue weighted by Crippen LogP contribution is -2.47. The first-order valence-electron chi connectivity index (χ1n) is 11.6. The number of likely N-dealkylation sites (tertiary alicyclic amines) is 1. The fourth-order valence-corrected chi connectivity index (χ4v) is 4.75. The van der Waals surface area contributed by atoms with Crippen LogP contribution in [-0.4, -0.2) is 78.0 Å². The van der Waals surface area contributed by atoms with E-state index in [-0.39, 0.29) is 28.4 Å². The molecular formula is C24H26F3N7O4S. The van der Waals surface area contributed by atoms with Crippen LogP contribution in [0.5, 0.6) is 0 Å². The second-order valence-electron chi connectivity index (χ2n) is 8.96. The van der Waals surface area contributed by atoms with Crippen LogP contribution >= 0.6 is 0 Å². The normalized spacial score (nSPS) is 16.2. The van der Waals surface area contributed by atoms with E-state index in [0.29, 0.717) is 30.0 Å². The maximum absolute atomic E-state index is 13.0. The number of fused-ring (bicyclic) bond motifs is 1. The minimum Gasteiger partial charge on any atom is -0.381 e. The zero-order valence-electron chi connectivity index (χ0n) is 21.1. The lowest BCUT2D eigenvalue weighted by Gasteiger charge is -2.31. The zero-order valence-corrected chi connectivity index (χ0v) is 21.9. The molecule has 3 N–H and O–H groups in total. The van der Waals surface area contributed by atoms with E-state index in [9.17, 15) is 26.4 Å². The van der Waals surface area contributed by atoms with Gasteiger partial charge in [0.25, 0.3) is 5.91 Å². The van der Waals surface area contributed by atoms with Crippen molar-refractivity contribution < 1.29 is 31.2 Å². The second kappa shape index (κ2) is 11.8. The Morgan fingerprint density at radius 1 is 1.36 bits per heavy atom. The number of anilines is 1. The van der Waals surface area contributed by atoms with Gasteiger partial charge in [-0.25, -0.2) is 18.4 Å². The third-order valence-corrected chi connectivity index (χ3v) is 7.04. The van der Waals surface area contributed by atoms with Gasteiger partial charge in [-0.15, -0.1) is 0 Å². The standard InChI is InChI=1S/C22H25N7O3S.C2HF3O/c1-14-5-6-16(33(2,31)32)10-17(14)19-11-25-21-20(24)27-18(13-29(19)21)22(30)26-15-4-3-8-28(12-15)9-7-23;3-2(4,5)1-6/h5-6,10-11,13,15H,3-4,8-9,12H2,1-2H3,(H2,24,27)(H,26,30);1H. The fraction of sp³-hybridized carbons (Fsp3) is 0.375. The summed E-state index contributed by atoms with van der Waals surface area (Å²) in [6.07, 6.45) is 0.314. The first-order chi connectivity index (χ1) is 18.2. The topological polar surface area (TPSA) is 164 Å². The molecule has 2 aromatic heterocycles. The minimum absolute atomic E-state index is 0.0886. The molecule has 0 bridgehead atoms. The number of aryl methyl sites for hydroxylation is 1. The summed E-state index contributed by atoms with van der Waals surface area (Å²) in [6, 6.07) is 6.95.